The number of anilines is 2. The lowest BCUT2D eigenvalue weighted by atomic mass is 9.75. The molecule has 0 bridgehead atoms. The molecular weight excluding hydrogens is 453 g/mol. The minimum Gasteiger partial charge on any atom is -0.359 e. The number of carbonyl (C=O) groups is 2. The fourth-order valence-corrected chi connectivity index (χ4v) is 4.72. The van der Waals surface area contributed by atoms with Crippen molar-refractivity contribution in [1.29, 1.82) is 5.26 Å². The molecule has 0 radical (unpaired) electrons. The summed E-state index contributed by atoms with van der Waals surface area (Å²) < 4.78 is 40.5. The number of hydrogen-bond donors (Lipinski definition) is 1. The second kappa shape index (κ2) is 8.15. The van der Waals surface area contributed by atoms with Gasteiger partial charge in [-0.2, -0.15) is 18.4 Å². The number of likely N-dealkylation sites (N-methyl/N-ethyl adjacent to an activating group) is 1. The number of alkyl halides is 3. The van der Waals surface area contributed by atoms with E-state index in [-0.39, 0.29) is 29.0 Å². The maximum atomic E-state index is 13.5. The number of nitrogens with zero attached hydrogens (tertiary/aromatic N) is 3. The van der Waals surface area contributed by atoms with E-state index in [2.05, 4.69) is 5.32 Å². The molecule has 1 aliphatic carbocycles. The molecule has 170 valence electrons. The van der Waals surface area contributed by atoms with Gasteiger partial charge >= 0.3 is 6.18 Å². The van der Waals surface area contributed by atoms with E-state index >= 15 is 0 Å². The van der Waals surface area contributed by atoms with Crippen molar-refractivity contribution in [3.05, 3.63) is 59.2 Å². The van der Waals surface area contributed by atoms with E-state index in [0.717, 1.165) is 29.0 Å². The van der Waals surface area contributed by atoms with E-state index < -0.39 is 22.8 Å². The van der Waals surface area contributed by atoms with Gasteiger partial charge in [0, 0.05) is 12.7 Å². The van der Waals surface area contributed by atoms with Crippen LogP contribution >= 0.6 is 12.2 Å². The first-order chi connectivity index (χ1) is 15.6. The molecule has 2 aliphatic rings. The quantitative estimate of drug-likeness (QED) is 0.683. The van der Waals surface area contributed by atoms with Crippen LogP contribution in [0.4, 0.5) is 24.5 Å². The Morgan fingerprint density at radius 1 is 1.18 bits per heavy atom. The Balaban J connectivity index is 1.73. The SMILES string of the molecule is CNC(=O)Cc1ccc(N2C(=S)N(c3ccc(C#N)c(C(F)(F)F)c3)C(=O)C23CCC3)cc1. The van der Waals surface area contributed by atoms with E-state index in [4.69, 9.17) is 17.5 Å². The van der Waals surface area contributed by atoms with Crippen molar-refractivity contribution >= 4 is 40.5 Å². The monoisotopic (exact) mass is 472 g/mol. The lowest BCUT2D eigenvalue weighted by molar-refractivity contribution is -0.137. The summed E-state index contributed by atoms with van der Waals surface area (Å²) >= 11 is 5.59. The summed E-state index contributed by atoms with van der Waals surface area (Å²) in [7, 11) is 1.55. The van der Waals surface area contributed by atoms with Gasteiger partial charge < -0.3 is 10.2 Å². The minimum absolute atomic E-state index is 0.0265. The number of halogens is 3. The van der Waals surface area contributed by atoms with Crippen LogP contribution in [0.5, 0.6) is 0 Å². The van der Waals surface area contributed by atoms with Gasteiger partial charge in [0.25, 0.3) is 5.91 Å². The number of thiocarbonyl (C=S) groups is 1. The van der Waals surface area contributed by atoms with E-state index in [0.29, 0.717) is 18.5 Å². The molecule has 2 amide bonds. The van der Waals surface area contributed by atoms with Gasteiger partial charge in [0.15, 0.2) is 5.11 Å². The van der Waals surface area contributed by atoms with Crippen molar-refractivity contribution in [3.63, 3.8) is 0 Å². The average Bonchev–Trinajstić information content (AvgIpc) is 3.00. The summed E-state index contributed by atoms with van der Waals surface area (Å²) in [6.45, 7) is 0. The number of benzene rings is 2. The van der Waals surface area contributed by atoms with Crippen LogP contribution in [-0.4, -0.2) is 29.5 Å². The molecule has 1 N–H and O–H groups in total. The fourth-order valence-electron chi connectivity index (χ4n) is 4.25. The van der Waals surface area contributed by atoms with Crippen LogP contribution in [0.3, 0.4) is 0 Å². The van der Waals surface area contributed by atoms with Gasteiger partial charge in [-0.3, -0.25) is 14.5 Å². The van der Waals surface area contributed by atoms with E-state index in [1.807, 2.05) is 0 Å². The summed E-state index contributed by atoms with van der Waals surface area (Å²) in [5, 5.41) is 11.7. The van der Waals surface area contributed by atoms with Gasteiger partial charge in [0.1, 0.15) is 5.54 Å². The molecule has 2 fully saturated rings. The van der Waals surface area contributed by atoms with E-state index in [1.54, 1.807) is 42.3 Å². The second-order valence-corrected chi connectivity index (χ2v) is 8.36. The molecular formula is C23H19F3N4O2S. The zero-order chi connectivity index (χ0) is 24.0. The molecule has 1 aliphatic heterocycles. The summed E-state index contributed by atoms with van der Waals surface area (Å²) in [6, 6.07) is 11.7. The van der Waals surface area contributed by atoms with Crippen molar-refractivity contribution in [2.45, 2.75) is 37.4 Å². The molecule has 0 unspecified atom stereocenters. The minimum atomic E-state index is -4.75. The van der Waals surface area contributed by atoms with Crippen LogP contribution in [-0.2, 0) is 22.2 Å². The number of carbonyl (C=O) groups excluding carboxylic acids is 2. The largest absolute Gasteiger partial charge is 0.417 e. The summed E-state index contributed by atoms with van der Waals surface area (Å²) in [5.74, 6) is -0.524. The summed E-state index contributed by atoms with van der Waals surface area (Å²) in [5.41, 5.74) is -1.22. The highest BCUT2D eigenvalue weighted by atomic mass is 32.1. The maximum Gasteiger partial charge on any atom is 0.417 e. The topological polar surface area (TPSA) is 76.4 Å². The van der Waals surface area contributed by atoms with Gasteiger partial charge in [-0.05, 0) is 67.4 Å². The Morgan fingerprint density at radius 2 is 1.82 bits per heavy atom. The number of amides is 2. The molecule has 1 spiro atoms. The van der Waals surface area contributed by atoms with Gasteiger partial charge in [0.2, 0.25) is 5.91 Å². The second-order valence-electron chi connectivity index (χ2n) is 8.00. The molecule has 6 nitrogen and oxygen atoms in total. The molecule has 4 rings (SSSR count). The molecule has 0 atom stereocenters. The number of hydrogen-bond acceptors (Lipinski definition) is 4. The number of nitrogens with one attached hydrogen (secondary N) is 1. The average molecular weight is 472 g/mol. The number of rotatable bonds is 4. The molecule has 1 heterocycles. The first-order valence-corrected chi connectivity index (χ1v) is 10.6. The van der Waals surface area contributed by atoms with Crippen molar-refractivity contribution in [2.24, 2.45) is 0 Å². The van der Waals surface area contributed by atoms with Gasteiger partial charge in [-0.15, -0.1) is 0 Å². The molecule has 1 saturated carbocycles. The Labute approximate surface area is 193 Å². The Hall–Kier alpha value is -3.45. The zero-order valence-electron chi connectivity index (χ0n) is 17.6. The number of nitriles is 1. The Morgan fingerprint density at radius 3 is 2.33 bits per heavy atom. The van der Waals surface area contributed by atoms with Gasteiger partial charge in [-0.1, -0.05) is 12.1 Å². The molecule has 2 aromatic rings. The van der Waals surface area contributed by atoms with Crippen molar-refractivity contribution < 1.29 is 22.8 Å². The third kappa shape index (κ3) is 3.72. The van der Waals surface area contributed by atoms with Crippen molar-refractivity contribution in [3.8, 4) is 6.07 Å². The Kier molecular flexibility index (Phi) is 5.62. The van der Waals surface area contributed by atoms with Crippen LogP contribution in [0.1, 0.15) is 36.0 Å². The standard InChI is InChI=1S/C23H19F3N4O2S/c1-28-19(31)11-14-3-6-16(7-4-14)30-21(33)29(20(32)22(30)9-2-10-22)17-8-5-15(13-27)18(12-17)23(24,25)26/h3-8,12H,2,9-11H2,1H3,(H,28,31). The van der Waals surface area contributed by atoms with Crippen LogP contribution in [0.15, 0.2) is 42.5 Å². The van der Waals surface area contributed by atoms with Crippen LogP contribution in [0.25, 0.3) is 0 Å². The lowest BCUT2D eigenvalue weighted by Crippen LogP contribution is -2.55. The van der Waals surface area contributed by atoms with E-state index in [9.17, 15) is 22.8 Å². The van der Waals surface area contributed by atoms with Gasteiger partial charge in [-0.25, -0.2) is 0 Å². The molecule has 33 heavy (non-hydrogen) atoms. The molecule has 0 aromatic heterocycles. The molecule has 2 aromatic carbocycles. The van der Waals surface area contributed by atoms with E-state index in [1.165, 1.54) is 6.07 Å². The predicted octanol–water partition coefficient (Wildman–Crippen LogP) is 3.93. The first-order valence-electron chi connectivity index (χ1n) is 10.2. The molecule has 10 heteroatoms. The van der Waals surface area contributed by atoms with Gasteiger partial charge in [0.05, 0.1) is 29.3 Å². The molecule has 1 saturated heterocycles. The van der Waals surface area contributed by atoms with Crippen LogP contribution in [0, 0.1) is 11.3 Å². The highest BCUT2D eigenvalue weighted by molar-refractivity contribution is 7.81. The van der Waals surface area contributed by atoms with Crippen LogP contribution in [0.2, 0.25) is 0 Å². The fraction of sp³-hybridized carbons (Fsp3) is 0.304. The Bertz CT molecular complexity index is 1180. The maximum absolute atomic E-state index is 13.5. The van der Waals surface area contributed by atoms with Crippen LogP contribution < -0.4 is 15.1 Å². The third-order valence-corrected chi connectivity index (χ3v) is 6.48. The van der Waals surface area contributed by atoms with Crippen molar-refractivity contribution in [1.82, 2.24) is 5.32 Å². The summed E-state index contributed by atoms with van der Waals surface area (Å²) in [6.07, 6.45) is -2.73. The predicted molar refractivity (Wildman–Crippen MR) is 120 cm³/mol. The third-order valence-electron chi connectivity index (χ3n) is 6.12. The highest BCUT2D eigenvalue weighted by Crippen LogP contribution is 2.48. The lowest BCUT2D eigenvalue weighted by Gasteiger charge is -2.43. The smallest absolute Gasteiger partial charge is 0.359 e. The summed E-state index contributed by atoms with van der Waals surface area (Å²) in [4.78, 5) is 27.9. The highest BCUT2D eigenvalue weighted by Gasteiger charge is 2.59. The zero-order valence-corrected chi connectivity index (χ0v) is 18.4. The first kappa shape index (κ1) is 22.7. The normalized spacial score (nSPS) is 17.2. The van der Waals surface area contributed by atoms with Crippen molar-refractivity contribution in [2.75, 3.05) is 16.8 Å².